The van der Waals surface area contributed by atoms with E-state index in [2.05, 4.69) is 4.74 Å². The largest absolute Gasteiger partial charge is 0.465 e. The van der Waals surface area contributed by atoms with Crippen molar-refractivity contribution in [3.05, 3.63) is 29.8 Å². The summed E-state index contributed by atoms with van der Waals surface area (Å²) in [7, 11) is 1.30. The highest BCUT2D eigenvalue weighted by Gasteiger charge is 2.10. The van der Waals surface area contributed by atoms with Crippen LogP contribution in [-0.4, -0.2) is 25.1 Å². The minimum Gasteiger partial charge on any atom is -0.465 e. The molecule has 16 heavy (non-hydrogen) atoms. The molecule has 0 aliphatic rings. The first-order valence-electron chi connectivity index (χ1n) is 4.70. The standard InChI is InChI=1S/C11H13NO4/c1-7(12)10(13)16-9-5-3-8(4-6-9)11(14)15-2/h3-7H,12H2,1-2H3/t7-/m0/s1. The highest BCUT2D eigenvalue weighted by molar-refractivity contribution is 5.89. The number of benzene rings is 1. The number of hydrogen-bond donors (Lipinski definition) is 1. The Kier molecular flexibility index (Phi) is 4.02. The number of carbonyl (C=O) groups is 2. The molecule has 1 rings (SSSR count). The molecule has 0 aliphatic carbocycles. The Morgan fingerprint density at radius 1 is 1.25 bits per heavy atom. The van der Waals surface area contributed by atoms with Crippen LogP contribution < -0.4 is 10.5 Å². The maximum absolute atomic E-state index is 11.1. The Hall–Kier alpha value is -1.88. The molecule has 0 saturated heterocycles. The van der Waals surface area contributed by atoms with Crippen molar-refractivity contribution >= 4 is 11.9 Å². The molecule has 1 atom stereocenters. The molecular formula is C11H13NO4. The number of hydrogen-bond acceptors (Lipinski definition) is 5. The van der Waals surface area contributed by atoms with E-state index in [4.69, 9.17) is 10.5 Å². The highest BCUT2D eigenvalue weighted by Crippen LogP contribution is 2.13. The van der Waals surface area contributed by atoms with Gasteiger partial charge < -0.3 is 15.2 Å². The lowest BCUT2D eigenvalue weighted by Crippen LogP contribution is -2.30. The molecule has 86 valence electrons. The van der Waals surface area contributed by atoms with Gasteiger partial charge >= 0.3 is 11.9 Å². The molecule has 0 heterocycles. The van der Waals surface area contributed by atoms with Crippen LogP contribution in [0.15, 0.2) is 24.3 Å². The molecule has 5 heteroatoms. The molecule has 0 aliphatic heterocycles. The number of rotatable bonds is 3. The summed E-state index contributed by atoms with van der Waals surface area (Å²) in [6.45, 7) is 1.53. The molecule has 0 radical (unpaired) electrons. The summed E-state index contributed by atoms with van der Waals surface area (Å²) in [6, 6.07) is 5.35. The number of carbonyl (C=O) groups excluding carboxylic acids is 2. The van der Waals surface area contributed by atoms with E-state index in [1.54, 1.807) is 0 Å². The lowest BCUT2D eigenvalue weighted by Gasteiger charge is -2.06. The van der Waals surface area contributed by atoms with Crippen molar-refractivity contribution in [3.8, 4) is 5.75 Å². The third-order valence-electron chi connectivity index (χ3n) is 1.87. The predicted molar refractivity (Wildman–Crippen MR) is 57.1 cm³/mol. The SMILES string of the molecule is COC(=O)c1ccc(OC(=O)[C@H](C)N)cc1. The molecule has 0 saturated carbocycles. The van der Waals surface area contributed by atoms with E-state index in [-0.39, 0.29) is 0 Å². The molecule has 0 fully saturated rings. The predicted octanol–water partition coefficient (Wildman–Crippen LogP) is 0.726. The zero-order valence-corrected chi connectivity index (χ0v) is 9.10. The van der Waals surface area contributed by atoms with Crippen LogP contribution in [0.2, 0.25) is 0 Å². The second-order valence-corrected chi connectivity index (χ2v) is 3.23. The van der Waals surface area contributed by atoms with Crippen LogP contribution in [0.3, 0.4) is 0 Å². The maximum atomic E-state index is 11.1. The zero-order chi connectivity index (χ0) is 12.1. The lowest BCUT2D eigenvalue weighted by molar-refractivity contribution is -0.135. The van der Waals surface area contributed by atoms with Gasteiger partial charge in [-0.25, -0.2) is 9.59 Å². The molecule has 5 nitrogen and oxygen atoms in total. The number of esters is 2. The number of methoxy groups -OCH3 is 1. The van der Waals surface area contributed by atoms with Crippen LogP contribution in [0.5, 0.6) is 5.75 Å². The Morgan fingerprint density at radius 2 is 1.81 bits per heavy atom. The highest BCUT2D eigenvalue weighted by atomic mass is 16.5. The van der Waals surface area contributed by atoms with Crippen LogP contribution in [-0.2, 0) is 9.53 Å². The fraction of sp³-hybridized carbons (Fsp3) is 0.273. The Morgan fingerprint density at radius 3 is 2.25 bits per heavy atom. The van der Waals surface area contributed by atoms with Gasteiger partial charge in [0.25, 0.3) is 0 Å². The molecule has 0 unspecified atom stereocenters. The van der Waals surface area contributed by atoms with Gasteiger partial charge in [0.05, 0.1) is 12.7 Å². The van der Waals surface area contributed by atoms with Gasteiger partial charge in [-0.1, -0.05) is 0 Å². The van der Waals surface area contributed by atoms with E-state index >= 15 is 0 Å². The average Bonchev–Trinajstić information content (AvgIpc) is 2.28. The molecule has 1 aromatic carbocycles. The topological polar surface area (TPSA) is 78.6 Å². The number of ether oxygens (including phenoxy) is 2. The normalized spacial score (nSPS) is 11.7. The third-order valence-corrected chi connectivity index (χ3v) is 1.87. The van der Waals surface area contributed by atoms with Gasteiger partial charge in [0, 0.05) is 0 Å². The van der Waals surface area contributed by atoms with Crippen LogP contribution in [0, 0.1) is 0 Å². The molecule has 2 N–H and O–H groups in total. The van der Waals surface area contributed by atoms with Crippen molar-refractivity contribution in [2.75, 3.05) is 7.11 Å². The first-order chi connectivity index (χ1) is 7.54. The first kappa shape index (κ1) is 12.2. The fourth-order valence-corrected chi connectivity index (χ4v) is 0.986. The summed E-state index contributed by atoms with van der Waals surface area (Å²) in [5.74, 6) is -0.620. The molecule has 0 aromatic heterocycles. The average molecular weight is 223 g/mol. The molecular weight excluding hydrogens is 210 g/mol. The van der Waals surface area contributed by atoms with Gasteiger partial charge in [0.1, 0.15) is 11.8 Å². The summed E-state index contributed by atoms with van der Waals surface area (Å²) in [6.07, 6.45) is 0. The van der Waals surface area contributed by atoms with E-state index in [1.165, 1.54) is 38.3 Å². The van der Waals surface area contributed by atoms with E-state index < -0.39 is 18.0 Å². The zero-order valence-electron chi connectivity index (χ0n) is 9.10. The summed E-state index contributed by atoms with van der Waals surface area (Å²) >= 11 is 0. The van der Waals surface area contributed by atoms with Crippen LogP contribution in [0.25, 0.3) is 0 Å². The third kappa shape index (κ3) is 3.06. The Bertz CT molecular complexity index is 383. The molecule has 0 bridgehead atoms. The van der Waals surface area contributed by atoms with E-state index in [0.717, 1.165) is 0 Å². The summed E-state index contributed by atoms with van der Waals surface area (Å²) in [5.41, 5.74) is 5.73. The van der Waals surface area contributed by atoms with Gasteiger partial charge in [-0.3, -0.25) is 0 Å². The molecule has 1 aromatic rings. The maximum Gasteiger partial charge on any atom is 0.337 e. The quantitative estimate of drug-likeness (QED) is 0.603. The summed E-state index contributed by atoms with van der Waals surface area (Å²) < 4.78 is 9.46. The van der Waals surface area contributed by atoms with Gasteiger partial charge in [0.2, 0.25) is 0 Å². The smallest absolute Gasteiger partial charge is 0.337 e. The van der Waals surface area contributed by atoms with E-state index in [1.807, 2.05) is 0 Å². The van der Waals surface area contributed by atoms with Crippen molar-refractivity contribution in [2.45, 2.75) is 13.0 Å². The summed E-state index contributed by atoms with van der Waals surface area (Å²) in [5, 5.41) is 0. The lowest BCUT2D eigenvalue weighted by atomic mass is 10.2. The number of nitrogens with two attached hydrogens (primary N) is 1. The second-order valence-electron chi connectivity index (χ2n) is 3.23. The van der Waals surface area contributed by atoms with Crippen molar-refractivity contribution in [1.82, 2.24) is 0 Å². The van der Waals surface area contributed by atoms with Gasteiger partial charge in [0.15, 0.2) is 0 Å². The minimum absolute atomic E-state index is 0.343. The first-order valence-corrected chi connectivity index (χ1v) is 4.70. The molecule has 0 amide bonds. The van der Waals surface area contributed by atoms with Crippen molar-refractivity contribution in [1.29, 1.82) is 0 Å². The van der Waals surface area contributed by atoms with Crippen LogP contribution in [0.4, 0.5) is 0 Å². The summed E-state index contributed by atoms with van der Waals surface area (Å²) in [4.78, 5) is 22.3. The van der Waals surface area contributed by atoms with Crippen molar-refractivity contribution in [2.24, 2.45) is 5.73 Å². The van der Waals surface area contributed by atoms with Crippen molar-refractivity contribution in [3.63, 3.8) is 0 Å². The van der Waals surface area contributed by atoms with Crippen LogP contribution >= 0.6 is 0 Å². The van der Waals surface area contributed by atoms with E-state index in [9.17, 15) is 9.59 Å². The minimum atomic E-state index is -0.680. The van der Waals surface area contributed by atoms with Gasteiger partial charge in [-0.15, -0.1) is 0 Å². The van der Waals surface area contributed by atoms with E-state index in [0.29, 0.717) is 11.3 Å². The van der Waals surface area contributed by atoms with Crippen LogP contribution in [0.1, 0.15) is 17.3 Å². The Labute approximate surface area is 93.1 Å². The monoisotopic (exact) mass is 223 g/mol. The fourth-order valence-electron chi connectivity index (χ4n) is 0.986. The molecule has 0 spiro atoms. The van der Waals surface area contributed by atoms with Gasteiger partial charge in [-0.2, -0.15) is 0 Å². The van der Waals surface area contributed by atoms with Crippen molar-refractivity contribution < 1.29 is 19.1 Å². The Balaban J connectivity index is 2.72. The van der Waals surface area contributed by atoms with Gasteiger partial charge in [-0.05, 0) is 31.2 Å². The second kappa shape index (κ2) is 5.27.